The molecule has 4 nitrogen and oxygen atoms in total. The second kappa shape index (κ2) is 6.91. The van der Waals surface area contributed by atoms with E-state index in [-0.39, 0.29) is 5.54 Å². The summed E-state index contributed by atoms with van der Waals surface area (Å²) >= 11 is 1.60. The van der Waals surface area contributed by atoms with Crippen molar-refractivity contribution in [1.29, 1.82) is 0 Å². The maximum absolute atomic E-state index is 5.90. The lowest BCUT2D eigenvalue weighted by atomic mass is 10.1. The molecule has 0 aliphatic rings. The number of methoxy groups -OCH3 is 1. The molecule has 2 rings (SSSR count). The Labute approximate surface area is 130 Å². The Kier molecular flexibility index (Phi) is 5.20. The quantitative estimate of drug-likeness (QED) is 0.885. The third-order valence-electron chi connectivity index (χ3n) is 2.91. The minimum atomic E-state index is 0.0512. The van der Waals surface area contributed by atoms with Gasteiger partial charge >= 0.3 is 0 Å². The second-order valence-corrected chi connectivity index (χ2v) is 6.77. The SMILES string of the molecule is COc1ccc(OCc2nccs2)c(CNC(C)(C)C)c1. The van der Waals surface area contributed by atoms with Crippen LogP contribution in [0.4, 0.5) is 0 Å². The minimum Gasteiger partial charge on any atom is -0.497 e. The first-order chi connectivity index (χ1) is 9.98. The molecular weight excluding hydrogens is 284 g/mol. The predicted molar refractivity (Wildman–Crippen MR) is 86.0 cm³/mol. The maximum atomic E-state index is 5.90. The van der Waals surface area contributed by atoms with Gasteiger partial charge in [0.2, 0.25) is 0 Å². The summed E-state index contributed by atoms with van der Waals surface area (Å²) in [6.45, 7) is 7.65. The Morgan fingerprint density at radius 2 is 2.10 bits per heavy atom. The molecule has 1 N–H and O–H groups in total. The summed E-state index contributed by atoms with van der Waals surface area (Å²) in [5, 5.41) is 6.40. The minimum absolute atomic E-state index is 0.0512. The van der Waals surface area contributed by atoms with Gasteiger partial charge < -0.3 is 14.8 Å². The summed E-state index contributed by atoms with van der Waals surface area (Å²) in [4.78, 5) is 4.23. The van der Waals surface area contributed by atoms with Gasteiger partial charge in [-0.25, -0.2) is 4.98 Å². The van der Waals surface area contributed by atoms with Gasteiger partial charge in [0, 0.05) is 29.2 Å². The van der Waals surface area contributed by atoms with Crippen LogP contribution in [0.25, 0.3) is 0 Å². The fourth-order valence-corrected chi connectivity index (χ4v) is 2.31. The lowest BCUT2D eigenvalue weighted by molar-refractivity contribution is 0.298. The van der Waals surface area contributed by atoms with E-state index in [4.69, 9.17) is 9.47 Å². The van der Waals surface area contributed by atoms with Gasteiger partial charge in [-0.05, 0) is 39.0 Å². The van der Waals surface area contributed by atoms with Gasteiger partial charge in [0.15, 0.2) is 0 Å². The van der Waals surface area contributed by atoms with Gasteiger partial charge in [-0.1, -0.05) is 0 Å². The van der Waals surface area contributed by atoms with Crippen molar-refractivity contribution in [3.8, 4) is 11.5 Å². The van der Waals surface area contributed by atoms with E-state index in [0.717, 1.165) is 28.6 Å². The van der Waals surface area contributed by atoms with Gasteiger partial charge in [0.25, 0.3) is 0 Å². The van der Waals surface area contributed by atoms with Gasteiger partial charge in [0.1, 0.15) is 23.1 Å². The summed E-state index contributed by atoms with van der Waals surface area (Å²) in [6, 6.07) is 5.87. The first-order valence-corrected chi connectivity index (χ1v) is 7.79. The van der Waals surface area contributed by atoms with Crippen molar-refractivity contribution >= 4 is 11.3 Å². The van der Waals surface area contributed by atoms with Crippen LogP contribution in [0.5, 0.6) is 11.5 Å². The molecule has 1 heterocycles. The van der Waals surface area contributed by atoms with E-state index in [1.807, 2.05) is 23.6 Å². The third kappa shape index (κ3) is 5.02. The number of rotatable bonds is 6. The first kappa shape index (κ1) is 15.8. The van der Waals surface area contributed by atoms with E-state index in [2.05, 4.69) is 31.1 Å². The Balaban J connectivity index is 2.10. The number of ether oxygens (including phenoxy) is 2. The van der Waals surface area contributed by atoms with E-state index in [1.54, 1.807) is 24.6 Å². The Hall–Kier alpha value is -1.59. The van der Waals surface area contributed by atoms with Gasteiger partial charge in [-0.3, -0.25) is 0 Å². The molecule has 0 atom stereocenters. The van der Waals surface area contributed by atoms with E-state index in [9.17, 15) is 0 Å². The molecule has 0 amide bonds. The number of aromatic nitrogens is 1. The summed E-state index contributed by atoms with van der Waals surface area (Å²) in [5.74, 6) is 1.70. The van der Waals surface area contributed by atoms with Crippen LogP contribution in [0.1, 0.15) is 31.3 Å². The lowest BCUT2D eigenvalue weighted by Gasteiger charge is -2.22. The van der Waals surface area contributed by atoms with Crippen LogP contribution in [-0.2, 0) is 13.2 Å². The zero-order chi connectivity index (χ0) is 15.3. The monoisotopic (exact) mass is 306 g/mol. The van der Waals surface area contributed by atoms with Crippen molar-refractivity contribution in [3.05, 3.63) is 40.3 Å². The first-order valence-electron chi connectivity index (χ1n) is 6.91. The highest BCUT2D eigenvalue weighted by atomic mass is 32.1. The van der Waals surface area contributed by atoms with Crippen molar-refractivity contribution in [3.63, 3.8) is 0 Å². The smallest absolute Gasteiger partial charge is 0.140 e. The van der Waals surface area contributed by atoms with Crippen LogP contribution in [0, 0.1) is 0 Å². The van der Waals surface area contributed by atoms with E-state index < -0.39 is 0 Å². The Morgan fingerprint density at radius 1 is 1.29 bits per heavy atom. The average Bonchev–Trinajstić information content (AvgIpc) is 2.95. The summed E-state index contributed by atoms with van der Waals surface area (Å²) in [6.07, 6.45) is 1.79. The average molecular weight is 306 g/mol. The van der Waals surface area contributed by atoms with Crippen molar-refractivity contribution in [2.24, 2.45) is 0 Å². The number of nitrogens with one attached hydrogen (secondary N) is 1. The molecule has 1 aromatic carbocycles. The molecule has 114 valence electrons. The van der Waals surface area contributed by atoms with E-state index in [1.165, 1.54) is 0 Å². The number of hydrogen-bond acceptors (Lipinski definition) is 5. The second-order valence-electron chi connectivity index (χ2n) is 5.79. The molecular formula is C16H22N2O2S. The number of hydrogen-bond donors (Lipinski definition) is 1. The van der Waals surface area contributed by atoms with Crippen molar-refractivity contribution < 1.29 is 9.47 Å². The molecule has 0 bridgehead atoms. The van der Waals surface area contributed by atoms with Gasteiger partial charge in [0.05, 0.1) is 7.11 Å². The number of thiazole rings is 1. The fourth-order valence-electron chi connectivity index (χ4n) is 1.79. The highest BCUT2D eigenvalue weighted by molar-refractivity contribution is 7.09. The Bertz CT molecular complexity index is 562. The molecule has 0 aliphatic carbocycles. The van der Waals surface area contributed by atoms with Crippen LogP contribution >= 0.6 is 11.3 Å². The maximum Gasteiger partial charge on any atom is 0.140 e. The Morgan fingerprint density at radius 3 is 2.71 bits per heavy atom. The summed E-state index contributed by atoms with van der Waals surface area (Å²) < 4.78 is 11.2. The zero-order valence-corrected chi connectivity index (χ0v) is 13.8. The molecule has 0 saturated heterocycles. The third-order valence-corrected chi connectivity index (χ3v) is 3.66. The predicted octanol–water partition coefficient (Wildman–Crippen LogP) is 3.62. The molecule has 0 fully saturated rings. The highest BCUT2D eigenvalue weighted by Crippen LogP contribution is 2.25. The lowest BCUT2D eigenvalue weighted by Crippen LogP contribution is -2.35. The molecule has 0 unspecified atom stereocenters. The van der Waals surface area contributed by atoms with E-state index in [0.29, 0.717) is 6.61 Å². The van der Waals surface area contributed by atoms with Crippen molar-refractivity contribution in [1.82, 2.24) is 10.3 Å². The van der Waals surface area contributed by atoms with Crippen molar-refractivity contribution in [2.45, 2.75) is 39.5 Å². The standard InChI is InChI=1S/C16H22N2O2S/c1-16(2,3)18-10-12-9-13(19-4)5-6-14(12)20-11-15-17-7-8-21-15/h5-9,18H,10-11H2,1-4H3. The van der Waals surface area contributed by atoms with Crippen LogP contribution < -0.4 is 14.8 Å². The van der Waals surface area contributed by atoms with Crippen molar-refractivity contribution in [2.75, 3.05) is 7.11 Å². The number of nitrogens with zero attached hydrogens (tertiary/aromatic N) is 1. The molecule has 0 aliphatic heterocycles. The molecule has 0 spiro atoms. The molecule has 0 radical (unpaired) electrons. The molecule has 1 aromatic heterocycles. The van der Waals surface area contributed by atoms with Crippen LogP contribution in [-0.4, -0.2) is 17.6 Å². The van der Waals surface area contributed by atoms with Gasteiger partial charge in [-0.15, -0.1) is 11.3 Å². The summed E-state index contributed by atoms with van der Waals surface area (Å²) in [5.41, 5.74) is 1.14. The molecule has 5 heteroatoms. The fraction of sp³-hybridized carbons (Fsp3) is 0.438. The topological polar surface area (TPSA) is 43.4 Å². The van der Waals surface area contributed by atoms with Crippen LogP contribution in [0.2, 0.25) is 0 Å². The van der Waals surface area contributed by atoms with Crippen LogP contribution in [0.3, 0.4) is 0 Å². The molecule has 0 saturated carbocycles. The summed E-state index contributed by atoms with van der Waals surface area (Å²) in [7, 11) is 1.67. The van der Waals surface area contributed by atoms with Gasteiger partial charge in [-0.2, -0.15) is 0 Å². The molecule has 21 heavy (non-hydrogen) atoms. The largest absolute Gasteiger partial charge is 0.497 e. The highest BCUT2D eigenvalue weighted by Gasteiger charge is 2.12. The normalized spacial score (nSPS) is 11.4. The van der Waals surface area contributed by atoms with Crippen LogP contribution in [0.15, 0.2) is 29.8 Å². The number of benzene rings is 1. The van der Waals surface area contributed by atoms with E-state index >= 15 is 0 Å². The zero-order valence-electron chi connectivity index (χ0n) is 13.0. The molecule has 2 aromatic rings.